The SMILES string of the molecule is CCC1CCN(CCNC(=O)N(C)Cc2cnc3ccccc3n2)CC1. The van der Waals surface area contributed by atoms with Crippen molar-refractivity contribution in [3.05, 3.63) is 36.2 Å². The topological polar surface area (TPSA) is 61.4 Å². The lowest BCUT2D eigenvalue weighted by molar-refractivity contribution is 0.177. The molecular weight excluding hydrogens is 326 g/mol. The lowest BCUT2D eigenvalue weighted by Crippen LogP contribution is -2.43. The second kappa shape index (κ2) is 8.94. The summed E-state index contributed by atoms with van der Waals surface area (Å²) in [5.41, 5.74) is 2.52. The van der Waals surface area contributed by atoms with E-state index in [2.05, 4.69) is 27.1 Å². The molecule has 26 heavy (non-hydrogen) atoms. The fraction of sp³-hybridized carbons (Fsp3) is 0.550. The zero-order valence-corrected chi connectivity index (χ0v) is 15.8. The lowest BCUT2D eigenvalue weighted by Gasteiger charge is -2.31. The number of benzene rings is 1. The van der Waals surface area contributed by atoms with Crippen molar-refractivity contribution in [3.63, 3.8) is 0 Å². The minimum Gasteiger partial charge on any atom is -0.337 e. The van der Waals surface area contributed by atoms with E-state index in [1.54, 1.807) is 18.1 Å². The highest BCUT2D eigenvalue weighted by molar-refractivity contribution is 5.75. The molecule has 3 rings (SSSR count). The number of nitrogens with zero attached hydrogens (tertiary/aromatic N) is 4. The second-order valence-corrected chi connectivity index (χ2v) is 7.13. The van der Waals surface area contributed by atoms with Gasteiger partial charge in [-0.15, -0.1) is 0 Å². The predicted molar refractivity (Wildman–Crippen MR) is 104 cm³/mol. The fourth-order valence-electron chi connectivity index (χ4n) is 3.46. The van der Waals surface area contributed by atoms with Crippen molar-refractivity contribution in [2.24, 2.45) is 5.92 Å². The molecule has 1 aliphatic heterocycles. The van der Waals surface area contributed by atoms with E-state index in [9.17, 15) is 4.79 Å². The molecule has 140 valence electrons. The first kappa shape index (κ1) is 18.6. The molecule has 1 aromatic heterocycles. The molecule has 0 aliphatic carbocycles. The van der Waals surface area contributed by atoms with Crippen molar-refractivity contribution in [1.29, 1.82) is 0 Å². The molecule has 0 unspecified atom stereocenters. The minimum atomic E-state index is -0.0663. The molecule has 0 bridgehead atoms. The molecule has 1 saturated heterocycles. The van der Waals surface area contributed by atoms with Gasteiger partial charge >= 0.3 is 6.03 Å². The van der Waals surface area contributed by atoms with E-state index in [0.29, 0.717) is 13.1 Å². The molecule has 0 spiro atoms. The van der Waals surface area contributed by atoms with Crippen LogP contribution in [0.2, 0.25) is 0 Å². The number of para-hydroxylation sites is 2. The van der Waals surface area contributed by atoms with Crippen LogP contribution in [-0.2, 0) is 6.54 Å². The van der Waals surface area contributed by atoms with Gasteiger partial charge in [0.05, 0.1) is 29.5 Å². The van der Waals surface area contributed by atoms with Gasteiger partial charge in [0.1, 0.15) is 0 Å². The van der Waals surface area contributed by atoms with Gasteiger partial charge in [-0.05, 0) is 44.0 Å². The molecule has 0 atom stereocenters. The van der Waals surface area contributed by atoms with Crippen molar-refractivity contribution in [3.8, 4) is 0 Å². The molecule has 1 N–H and O–H groups in total. The Morgan fingerprint density at radius 1 is 1.27 bits per heavy atom. The number of hydrogen-bond acceptors (Lipinski definition) is 4. The van der Waals surface area contributed by atoms with Crippen LogP contribution in [0.25, 0.3) is 11.0 Å². The highest BCUT2D eigenvalue weighted by atomic mass is 16.2. The number of amides is 2. The minimum absolute atomic E-state index is 0.0663. The molecule has 0 saturated carbocycles. The van der Waals surface area contributed by atoms with Gasteiger partial charge in [-0.2, -0.15) is 0 Å². The standard InChI is InChI=1S/C20H29N5O/c1-3-16-8-11-25(12-9-16)13-10-21-20(26)24(2)15-17-14-22-18-6-4-5-7-19(18)23-17/h4-7,14,16H,3,8-13,15H2,1-2H3,(H,21,26). The molecule has 6 heteroatoms. The number of aromatic nitrogens is 2. The summed E-state index contributed by atoms with van der Waals surface area (Å²) in [4.78, 5) is 25.4. The van der Waals surface area contributed by atoms with Gasteiger partial charge in [-0.1, -0.05) is 25.5 Å². The molecule has 2 amide bonds. The largest absolute Gasteiger partial charge is 0.337 e. The summed E-state index contributed by atoms with van der Waals surface area (Å²) in [6.07, 6.45) is 5.59. The van der Waals surface area contributed by atoms with Gasteiger partial charge in [0.25, 0.3) is 0 Å². The number of likely N-dealkylation sites (tertiary alicyclic amines) is 1. The Kier molecular flexibility index (Phi) is 6.39. The van der Waals surface area contributed by atoms with Crippen molar-refractivity contribution in [1.82, 2.24) is 25.1 Å². The summed E-state index contributed by atoms with van der Waals surface area (Å²) in [5.74, 6) is 0.884. The van der Waals surface area contributed by atoms with Crippen LogP contribution in [-0.4, -0.2) is 59.0 Å². The average molecular weight is 355 g/mol. The zero-order valence-electron chi connectivity index (χ0n) is 15.8. The Hall–Kier alpha value is -2.21. The average Bonchev–Trinajstić information content (AvgIpc) is 2.68. The fourth-order valence-corrected chi connectivity index (χ4v) is 3.46. The van der Waals surface area contributed by atoms with Gasteiger partial charge in [0.15, 0.2) is 0 Å². The maximum Gasteiger partial charge on any atom is 0.317 e. The zero-order chi connectivity index (χ0) is 18.4. The number of carbonyl (C=O) groups is 1. The summed E-state index contributed by atoms with van der Waals surface area (Å²) in [5, 5.41) is 3.01. The van der Waals surface area contributed by atoms with Crippen molar-refractivity contribution in [2.45, 2.75) is 32.7 Å². The smallest absolute Gasteiger partial charge is 0.317 e. The van der Waals surface area contributed by atoms with E-state index < -0.39 is 0 Å². The maximum atomic E-state index is 12.3. The third-order valence-corrected chi connectivity index (χ3v) is 5.23. The summed E-state index contributed by atoms with van der Waals surface area (Å²) in [6, 6.07) is 7.70. The first-order valence-electron chi connectivity index (χ1n) is 9.57. The van der Waals surface area contributed by atoms with E-state index in [1.165, 1.54) is 19.3 Å². The highest BCUT2D eigenvalue weighted by Crippen LogP contribution is 2.19. The van der Waals surface area contributed by atoms with Gasteiger partial charge in [0.2, 0.25) is 0 Å². The molecule has 2 heterocycles. The number of rotatable bonds is 6. The van der Waals surface area contributed by atoms with E-state index in [4.69, 9.17) is 0 Å². The summed E-state index contributed by atoms with van der Waals surface area (Å²) in [7, 11) is 1.79. The van der Waals surface area contributed by atoms with Crippen LogP contribution in [0.5, 0.6) is 0 Å². The van der Waals surface area contributed by atoms with Crippen LogP contribution in [0.15, 0.2) is 30.5 Å². The third kappa shape index (κ3) is 4.91. The van der Waals surface area contributed by atoms with Crippen molar-refractivity contribution >= 4 is 17.1 Å². The van der Waals surface area contributed by atoms with Crippen LogP contribution >= 0.6 is 0 Å². The molecule has 2 aromatic rings. The maximum absolute atomic E-state index is 12.3. The number of urea groups is 1. The normalized spacial score (nSPS) is 15.9. The first-order valence-corrected chi connectivity index (χ1v) is 9.57. The van der Waals surface area contributed by atoms with Crippen molar-refractivity contribution in [2.75, 3.05) is 33.2 Å². The molecular formula is C20H29N5O. The molecule has 1 aromatic carbocycles. The number of fused-ring (bicyclic) bond motifs is 1. The molecule has 6 nitrogen and oxygen atoms in total. The monoisotopic (exact) mass is 355 g/mol. The van der Waals surface area contributed by atoms with Crippen molar-refractivity contribution < 1.29 is 4.79 Å². The number of piperidine rings is 1. The molecule has 1 fully saturated rings. The van der Waals surface area contributed by atoms with Gasteiger partial charge in [-0.25, -0.2) is 9.78 Å². The van der Waals surface area contributed by atoms with Crippen LogP contribution in [0, 0.1) is 5.92 Å². The Morgan fingerprint density at radius 2 is 2.00 bits per heavy atom. The third-order valence-electron chi connectivity index (χ3n) is 5.23. The summed E-state index contributed by atoms with van der Waals surface area (Å²) < 4.78 is 0. The predicted octanol–water partition coefficient (Wildman–Crippen LogP) is 2.89. The Morgan fingerprint density at radius 3 is 2.73 bits per heavy atom. The van der Waals surface area contributed by atoms with Crippen LogP contribution in [0.1, 0.15) is 31.9 Å². The highest BCUT2D eigenvalue weighted by Gasteiger charge is 2.17. The molecule has 1 aliphatic rings. The molecule has 0 radical (unpaired) electrons. The van der Waals surface area contributed by atoms with E-state index in [1.807, 2.05) is 24.3 Å². The van der Waals surface area contributed by atoms with Crippen LogP contribution < -0.4 is 5.32 Å². The first-order chi connectivity index (χ1) is 12.7. The lowest BCUT2D eigenvalue weighted by atomic mass is 9.94. The second-order valence-electron chi connectivity index (χ2n) is 7.13. The number of hydrogen-bond donors (Lipinski definition) is 1. The van der Waals surface area contributed by atoms with E-state index in [-0.39, 0.29) is 6.03 Å². The van der Waals surface area contributed by atoms with Gasteiger partial charge in [-0.3, -0.25) is 4.98 Å². The Labute approximate surface area is 155 Å². The number of carbonyl (C=O) groups excluding carboxylic acids is 1. The number of nitrogens with one attached hydrogen (secondary N) is 1. The van der Waals surface area contributed by atoms with Crippen LogP contribution in [0.4, 0.5) is 4.79 Å². The Bertz CT molecular complexity index is 727. The van der Waals surface area contributed by atoms with Gasteiger partial charge in [0, 0.05) is 20.1 Å². The van der Waals surface area contributed by atoms with Gasteiger partial charge < -0.3 is 15.1 Å². The van der Waals surface area contributed by atoms with Crippen LogP contribution in [0.3, 0.4) is 0 Å². The van der Waals surface area contributed by atoms with E-state index >= 15 is 0 Å². The Balaban J connectivity index is 1.42. The van der Waals surface area contributed by atoms with E-state index in [0.717, 1.165) is 42.3 Å². The summed E-state index contributed by atoms with van der Waals surface area (Å²) in [6.45, 7) is 6.63. The summed E-state index contributed by atoms with van der Waals surface area (Å²) >= 11 is 0. The quantitative estimate of drug-likeness (QED) is 0.865.